The number of hydrogen-bond acceptors (Lipinski definition) is 4. The second-order valence-electron chi connectivity index (χ2n) is 2.24. The SMILES string of the molecule is CCCN=c1nc2[nH]c(n1)o2. The van der Waals surface area contributed by atoms with Gasteiger partial charge in [0.15, 0.2) is 0 Å². The summed E-state index contributed by atoms with van der Waals surface area (Å²) in [5.74, 6) is 1.01. The first-order chi connectivity index (χ1) is 5.38. The molecule has 0 aromatic carbocycles. The van der Waals surface area contributed by atoms with Crippen molar-refractivity contribution in [2.45, 2.75) is 13.3 Å². The minimum Gasteiger partial charge on any atom is -0.391 e. The van der Waals surface area contributed by atoms with Crippen LogP contribution in [0.15, 0.2) is 9.41 Å². The van der Waals surface area contributed by atoms with Crippen LogP contribution in [0.2, 0.25) is 0 Å². The number of nitrogens with one attached hydrogen (secondary N) is 1. The summed E-state index contributed by atoms with van der Waals surface area (Å²) in [6.07, 6.45) is 1.01. The summed E-state index contributed by atoms with van der Waals surface area (Å²) in [6, 6.07) is 0. The molecule has 5 heteroatoms. The van der Waals surface area contributed by atoms with E-state index in [4.69, 9.17) is 4.42 Å². The molecular formula is C6H8N4O. The van der Waals surface area contributed by atoms with E-state index >= 15 is 0 Å². The highest BCUT2D eigenvalue weighted by Crippen LogP contribution is 1.99. The van der Waals surface area contributed by atoms with Crippen LogP contribution in [-0.4, -0.2) is 21.5 Å². The number of fused-ring (bicyclic) bond motifs is 2. The van der Waals surface area contributed by atoms with Gasteiger partial charge in [-0.3, -0.25) is 4.98 Å². The molecule has 0 fully saturated rings. The van der Waals surface area contributed by atoms with Crippen molar-refractivity contribution in [1.29, 1.82) is 0 Å². The molecule has 0 unspecified atom stereocenters. The van der Waals surface area contributed by atoms with Gasteiger partial charge in [0.25, 0.3) is 5.62 Å². The van der Waals surface area contributed by atoms with Gasteiger partial charge in [0.05, 0.1) is 0 Å². The lowest BCUT2D eigenvalue weighted by atomic mass is 10.5. The van der Waals surface area contributed by atoms with Crippen molar-refractivity contribution in [2.75, 3.05) is 6.54 Å². The molecule has 0 aliphatic rings. The van der Waals surface area contributed by atoms with Crippen LogP contribution in [0.3, 0.4) is 0 Å². The average Bonchev–Trinajstić information content (AvgIpc) is 2.00. The largest absolute Gasteiger partial charge is 0.391 e. The van der Waals surface area contributed by atoms with Gasteiger partial charge in [0.2, 0.25) is 0 Å². The molecule has 0 saturated carbocycles. The van der Waals surface area contributed by atoms with Crippen molar-refractivity contribution < 1.29 is 4.42 Å². The van der Waals surface area contributed by atoms with Crippen molar-refractivity contribution in [1.82, 2.24) is 15.0 Å². The fraction of sp³-hybridized carbons (Fsp3) is 0.500. The van der Waals surface area contributed by atoms with E-state index in [-0.39, 0.29) is 0 Å². The molecule has 5 nitrogen and oxygen atoms in total. The fourth-order valence-corrected chi connectivity index (χ4v) is 0.778. The molecule has 2 bridgehead atoms. The van der Waals surface area contributed by atoms with E-state index in [0.29, 0.717) is 17.3 Å². The van der Waals surface area contributed by atoms with Crippen LogP contribution in [0, 0.1) is 0 Å². The number of H-pyrrole nitrogens is 1. The summed E-state index contributed by atoms with van der Waals surface area (Å²) in [7, 11) is 0. The first-order valence-corrected chi connectivity index (χ1v) is 3.55. The molecule has 0 amide bonds. The fourth-order valence-electron chi connectivity index (χ4n) is 0.778. The van der Waals surface area contributed by atoms with Gasteiger partial charge < -0.3 is 4.42 Å². The second kappa shape index (κ2) is 2.34. The minimum absolute atomic E-state index is 0.504. The minimum atomic E-state index is 0.504. The highest BCUT2D eigenvalue weighted by Gasteiger charge is 2.01. The predicted molar refractivity (Wildman–Crippen MR) is 38.1 cm³/mol. The van der Waals surface area contributed by atoms with E-state index in [1.54, 1.807) is 0 Å². The lowest BCUT2D eigenvalue weighted by molar-refractivity contribution is 0.527. The van der Waals surface area contributed by atoms with E-state index in [0.717, 1.165) is 13.0 Å². The maximum atomic E-state index is 4.89. The molecule has 0 aliphatic heterocycles. The Morgan fingerprint density at radius 2 is 2.09 bits per heavy atom. The molecule has 58 valence electrons. The molecule has 3 aromatic rings. The molecule has 0 saturated heterocycles. The maximum Gasteiger partial charge on any atom is 0.308 e. The van der Waals surface area contributed by atoms with Crippen LogP contribution in [0.1, 0.15) is 13.3 Å². The molecule has 0 aliphatic carbocycles. The third-order valence-corrected chi connectivity index (χ3v) is 1.29. The average molecular weight is 152 g/mol. The summed E-state index contributed by atoms with van der Waals surface area (Å²) in [6.45, 7) is 2.82. The van der Waals surface area contributed by atoms with Gasteiger partial charge in [-0.15, -0.1) is 0 Å². The third-order valence-electron chi connectivity index (χ3n) is 1.29. The van der Waals surface area contributed by atoms with Crippen molar-refractivity contribution >= 4 is 11.7 Å². The van der Waals surface area contributed by atoms with Crippen molar-refractivity contribution in [3.05, 3.63) is 5.62 Å². The molecule has 0 atom stereocenters. The molecule has 3 aromatic heterocycles. The Morgan fingerprint density at radius 1 is 1.45 bits per heavy atom. The van der Waals surface area contributed by atoms with E-state index in [1.165, 1.54) is 0 Å². The van der Waals surface area contributed by atoms with Gasteiger partial charge in [-0.1, -0.05) is 6.92 Å². The van der Waals surface area contributed by atoms with Crippen molar-refractivity contribution in [3.63, 3.8) is 0 Å². The number of nitrogens with zero attached hydrogens (tertiary/aromatic N) is 3. The molecular weight excluding hydrogens is 144 g/mol. The van der Waals surface area contributed by atoms with E-state index in [2.05, 4.69) is 26.9 Å². The first-order valence-electron chi connectivity index (χ1n) is 3.55. The van der Waals surface area contributed by atoms with Gasteiger partial charge in [-0.25, -0.2) is 4.99 Å². The van der Waals surface area contributed by atoms with Gasteiger partial charge in [0, 0.05) is 6.54 Å². The van der Waals surface area contributed by atoms with Gasteiger partial charge in [-0.05, 0) is 6.42 Å². The highest BCUT2D eigenvalue weighted by molar-refractivity contribution is 5.35. The molecule has 0 spiro atoms. The van der Waals surface area contributed by atoms with E-state index in [9.17, 15) is 0 Å². The second-order valence-corrected chi connectivity index (χ2v) is 2.24. The molecule has 11 heavy (non-hydrogen) atoms. The Bertz CT molecular complexity index is 345. The van der Waals surface area contributed by atoms with Crippen LogP contribution >= 0.6 is 0 Å². The maximum absolute atomic E-state index is 4.89. The number of aromatic amines is 1. The van der Waals surface area contributed by atoms with Gasteiger partial charge >= 0.3 is 11.7 Å². The van der Waals surface area contributed by atoms with Crippen LogP contribution in [-0.2, 0) is 0 Å². The van der Waals surface area contributed by atoms with Gasteiger partial charge in [-0.2, -0.15) is 9.97 Å². The first kappa shape index (κ1) is 6.33. The molecule has 0 radical (unpaired) electrons. The van der Waals surface area contributed by atoms with Crippen LogP contribution < -0.4 is 5.62 Å². The van der Waals surface area contributed by atoms with Crippen LogP contribution in [0.4, 0.5) is 0 Å². The topological polar surface area (TPSA) is 67.1 Å². The number of hydrogen-bond donors (Lipinski definition) is 1. The van der Waals surface area contributed by atoms with Crippen molar-refractivity contribution in [3.8, 4) is 0 Å². The zero-order valence-electron chi connectivity index (χ0n) is 6.16. The smallest absolute Gasteiger partial charge is 0.308 e. The monoisotopic (exact) mass is 152 g/mol. The summed E-state index contributed by atoms with van der Waals surface area (Å²) in [4.78, 5) is 14.7. The molecule has 3 heterocycles. The Hall–Kier alpha value is -1.39. The Balaban J connectivity index is 2.35. The zero-order valence-corrected chi connectivity index (χ0v) is 6.16. The molecule has 1 N–H and O–H groups in total. The Morgan fingerprint density at radius 3 is 2.64 bits per heavy atom. The van der Waals surface area contributed by atoms with Gasteiger partial charge in [0.1, 0.15) is 0 Å². The Labute approximate surface area is 62.5 Å². The lowest BCUT2D eigenvalue weighted by Crippen LogP contribution is -2.17. The van der Waals surface area contributed by atoms with E-state index in [1.807, 2.05) is 0 Å². The number of aromatic nitrogens is 3. The predicted octanol–water partition coefficient (Wildman–Crippen LogP) is 0.299. The zero-order chi connectivity index (χ0) is 7.68. The summed E-state index contributed by atoms with van der Waals surface area (Å²) >= 11 is 0. The van der Waals surface area contributed by atoms with Crippen LogP contribution in [0.5, 0.6) is 0 Å². The Kier molecular flexibility index (Phi) is 1.34. The summed E-state index contributed by atoms with van der Waals surface area (Å²) in [5, 5.41) is 0. The highest BCUT2D eigenvalue weighted by atomic mass is 16.4. The normalized spacial score (nSPS) is 11.0. The van der Waals surface area contributed by atoms with Crippen LogP contribution in [0.25, 0.3) is 11.7 Å². The standard InChI is InChI=1S/C6H8N4O/c1-2-3-7-4-8-5-10-6(9-4)11-5/h2-3H2,1H3,(H,7,8,9,10). The molecule has 3 rings (SSSR count). The number of rotatable bonds is 2. The van der Waals surface area contributed by atoms with Crippen molar-refractivity contribution in [2.24, 2.45) is 4.99 Å². The summed E-state index contributed by atoms with van der Waals surface area (Å²) in [5.41, 5.74) is 0.516. The quantitative estimate of drug-likeness (QED) is 0.672. The summed E-state index contributed by atoms with van der Waals surface area (Å²) < 4.78 is 4.89. The lowest BCUT2D eigenvalue weighted by Gasteiger charge is -1.97. The van der Waals surface area contributed by atoms with E-state index < -0.39 is 0 Å². The third kappa shape index (κ3) is 1.09.